The summed E-state index contributed by atoms with van der Waals surface area (Å²) in [6.07, 6.45) is 7.90. The van der Waals surface area contributed by atoms with E-state index >= 15 is 0 Å². The molecule has 2 amide bonds. The molecular formula is C15H20N4O3. The van der Waals surface area contributed by atoms with E-state index in [4.69, 9.17) is 4.74 Å². The van der Waals surface area contributed by atoms with Crippen LogP contribution in [-0.2, 0) is 9.59 Å². The van der Waals surface area contributed by atoms with Gasteiger partial charge in [-0.1, -0.05) is 0 Å². The molecule has 3 rings (SSSR count). The molecule has 0 radical (unpaired) electrons. The minimum Gasteiger partial charge on any atom is -0.460 e. The molecule has 0 spiro atoms. The molecule has 1 aliphatic carbocycles. The van der Waals surface area contributed by atoms with Gasteiger partial charge in [0.15, 0.2) is 0 Å². The molecule has 2 aliphatic rings. The first-order valence-electron chi connectivity index (χ1n) is 7.74. The highest BCUT2D eigenvalue weighted by molar-refractivity contribution is 5.90. The monoisotopic (exact) mass is 304 g/mol. The minimum absolute atomic E-state index is 0.0416. The zero-order chi connectivity index (χ0) is 15.4. The predicted octanol–water partition coefficient (Wildman–Crippen LogP) is 0.561. The van der Waals surface area contributed by atoms with Gasteiger partial charge in [-0.15, -0.1) is 0 Å². The molecule has 118 valence electrons. The summed E-state index contributed by atoms with van der Waals surface area (Å²) in [5, 5.41) is 5.72. The molecule has 1 atom stereocenters. The Kier molecular flexibility index (Phi) is 4.50. The summed E-state index contributed by atoms with van der Waals surface area (Å²) in [5.74, 6) is -0.110. The minimum atomic E-state index is -0.362. The van der Waals surface area contributed by atoms with E-state index in [-0.39, 0.29) is 30.0 Å². The fourth-order valence-corrected chi connectivity index (χ4v) is 2.93. The Labute approximate surface area is 128 Å². The van der Waals surface area contributed by atoms with Crippen molar-refractivity contribution >= 4 is 11.8 Å². The largest absolute Gasteiger partial charge is 0.460 e. The fraction of sp³-hybridized carbons (Fsp3) is 0.600. The first kappa shape index (κ1) is 14.7. The van der Waals surface area contributed by atoms with E-state index in [1.165, 1.54) is 0 Å². The summed E-state index contributed by atoms with van der Waals surface area (Å²) >= 11 is 0. The summed E-state index contributed by atoms with van der Waals surface area (Å²) in [5.41, 5.74) is 0. The number of aromatic nitrogens is 2. The highest BCUT2D eigenvalue weighted by Crippen LogP contribution is 2.22. The van der Waals surface area contributed by atoms with Crippen LogP contribution in [0.25, 0.3) is 0 Å². The van der Waals surface area contributed by atoms with Gasteiger partial charge in [0.2, 0.25) is 11.8 Å². The second-order valence-corrected chi connectivity index (χ2v) is 5.79. The smallest absolute Gasteiger partial charge is 0.316 e. The second-order valence-electron chi connectivity index (χ2n) is 5.79. The third kappa shape index (κ3) is 3.72. The Morgan fingerprint density at radius 2 is 1.91 bits per heavy atom. The zero-order valence-corrected chi connectivity index (χ0v) is 12.3. The van der Waals surface area contributed by atoms with Gasteiger partial charge in [-0.05, 0) is 38.2 Å². The van der Waals surface area contributed by atoms with Crippen LogP contribution in [0.2, 0.25) is 0 Å². The summed E-state index contributed by atoms with van der Waals surface area (Å²) in [6, 6.07) is 1.95. The zero-order valence-electron chi connectivity index (χ0n) is 12.3. The van der Waals surface area contributed by atoms with E-state index in [9.17, 15) is 9.59 Å². The summed E-state index contributed by atoms with van der Waals surface area (Å²) in [6.45, 7) is 0. The van der Waals surface area contributed by atoms with E-state index in [1.807, 2.05) is 0 Å². The van der Waals surface area contributed by atoms with E-state index in [1.54, 1.807) is 18.5 Å². The van der Waals surface area contributed by atoms with Crippen molar-refractivity contribution in [3.63, 3.8) is 0 Å². The average molecular weight is 304 g/mol. The van der Waals surface area contributed by atoms with Crippen LogP contribution in [0.3, 0.4) is 0 Å². The van der Waals surface area contributed by atoms with Gasteiger partial charge in [-0.3, -0.25) is 9.59 Å². The van der Waals surface area contributed by atoms with Crippen molar-refractivity contribution in [2.45, 2.75) is 56.7 Å². The fourth-order valence-electron chi connectivity index (χ4n) is 2.93. The SMILES string of the molecule is O=C1CC[C@@H](C(=O)NC2CCC(Oc3ncccn3)CC2)N1. The maximum absolute atomic E-state index is 12.1. The van der Waals surface area contributed by atoms with E-state index in [2.05, 4.69) is 20.6 Å². The number of rotatable bonds is 4. The van der Waals surface area contributed by atoms with E-state index in [0.717, 1.165) is 25.7 Å². The molecule has 2 fully saturated rings. The van der Waals surface area contributed by atoms with Gasteiger partial charge in [-0.2, -0.15) is 0 Å². The van der Waals surface area contributed by atoms with Gasteiger partial charge >= 0.3 is 6.01 Å². The van der Waals surface area contributed by atoms with Gasteiger partial charge in [0, 0.05) is 24.9 Å². The second kappa shape index (κ2) is 6.72. The van der Waals surface area contributed by atoms with E-state index < -0.39 is 0 Å². The van der Waals surface area contributed by atoms with Crippen LogP contribution in [-0.4, -0.2) is 40.0 Å². The van der Waals surface area contributed by atoms with Crippen LogP contribution in [0, 0.1) is 0 Å². The average Bonchev–Trinajstić information content (AvgIpc) is 2.97. The lowest BCUT2D eigenvalue weighted by Gasteiger charge is -2.29. The van der Waals surface area contributed by atoms with Crippen molar-refractivity contribution in [1.82, 2.24) is 20.6 Å². The Hall–Kier alpha value is -2.18. The first-order chi connectivity index (χ1) is 10.7. The number of hydrogen-bond donors (Lipinski definition) is 2. The highest BCUT2D eigenvalue weighted by Gasteiger charge is 2.30. The van der Waals surface area contributed by atoms with Crippen molar-refractivity contribution in [2.75, 3.05) is 0 Å². The number of nitrogens with zero attached hydrogens (tertiary/aromatic N) is 2. The molecule has 2 N–H and O–H groups in total. The molecule has 7 nitrogen and oxygen atoms in total. The summed E-state index contributed by atoms with van der Waals surface area (Å²) in [7, 11) is 0. The van der Waals surface area contributed by atoms with Crippen molar-refractivity contribution in [1.29, 1.82) is 0 Å². The maximum atomic E-state index is 12.1. The molecule has 1 aromatic rings. The molecule has 0 unspecified atom stereocenters. The van der Waals surface area contributed by atoms with Crippen LogP contribution in [0.1, 0.15) is 38.5 Å². The molecule has 1 saturated heterocycles. The lowest BCUT2D eigenvalue weighted by atomic mass is 9.92. The normalized spacial score (nSPS) is 28.0. The molecular weight excluding hydrogens is 284 g/mol. The van der Waals surface area contributed by atoms with Crippen LogP contribution in [0.15, 0.2) is 18.5 Å². The van der Waals surface area contributed by atoms with Crippen LogP contribution in [0.4, 0.5) is 0 Å². The van der Waals surface area contributed by atoms with Gasteiger partial charge in [-0.25, -0.2) is 9.97 Å². The van der Waals surface area contributed by atoms with Crippen LogP contribution in [0.5, 0.6) is 6.01 Å². The number of ether oxygens (including phenoxy) is 1. The Morgan fingerprint density at radius 3 is 2.55 bits per heavy atom. The standard InChI is InChI=1S/C15H20N4O3/c20-13-7-6-12(19-13)14(21)18-10-2-4-11(5-3-10)22-15-16-8-1-9-17-15/h1,8-12H,2-7H2,(H,18,21)(H,19,20)/t10?,11?,12-/m0/s1. The molecule has 0 aromatic carbocycles. The third-order valence-corrected chi connectivity index (χ3v) is 4.15. The van der Waals surface area contributed by atoms with Crippen molar-refractivity contribution in [3.05, 3.63) is 18.5 Å². The van der Waals surface area contributed by atoms with E-state index in [0.29, 0.717) is 18.9 Å². The highest BCUT2D eigenvalue weighted by atomic mass is 16.5. The summed E-state index contributed by atoms with van der Waals surface area (Å²) in [4.78, 5) is 31.3. The van der Waals surface area contributed by atoms with Gasteiger partial charge in [0.25, 0.3) is 0 Å². The molecule has 0 bridgehead atoms. The third-order valence-electron chi connectivity index (χ3n) is 4.15. The predicted molar refractivity (Wildman–Crippen MR) is 78.0 cm³/mol. The van der Waals surface area contributed by atoms with Crippen LogP contribution >= 0.6 is 0 Å². The van der Waals surface area contributed by atoms with Gasteiger partial charge in [0.05, 0.1) is 0 Å². The molecule has 7 heteroatoms. The summed E-state index contributed by atoms with van der Waals surface area (Å²) < 4.78 is 5.73. The van der Waals surface area contributed by atoms with Crippen LogP contribution < -0.4 is 15.4 Å². The molecule has 2 heterocycles. The lowest BCUT2D eigenvalue weighted by Crippen LogP contribution is -2.47. The molecule has 1 aromatic heterocycles. The topological polar surface area (TPSA) is 93.2 Å². The first-order valence-corrected chi connectivity index (χ1v) is 7.74. The molecule has 1 saturated carbocycles. The maximum Gasteiger partial charge on any atom is 0.316 e. The number of carbonyl (C=O) groups excluding carboxylic acids is 2. The number of hydrogen-bond acceptors (Lipinski definition) is 5. The van der Waals surface area contributed by atoms with Crippen molar-refractivity contribution < 1.29 is 14.3 Å². The number of amides is 2. The Bertz CT molecular complexity index is 529. The molecule has 22 heavy (non-hydrogen) atoms. The Morgan fingerprint density at radius 1 is 1.18 bits per heavy atom. The van der Waals surface area contributed by atoms with Crippen molar-refractivity contribution in [2.24, 2.45) is 0 Å². The number of nitrogens with one attached hydrogen (secondary N) is 2. The Balaban J connectivity index is 1.42. The van der Waals surface area contributed by atoms with Gasteiger partial charge in [0.1, 0.15) is 12.1 Å². The van der Waals surface area contributed by atoms with Crippen molar-refractivity contribution in [3.8, 4) is 6.01 Å². The quantitative estimate of drug-likeness (QED) is 0.848. The lowest BCUT2D eigenvalue weighted by molar-refractivity contribution is -0.126. The number of carbonyl (C=O) groups is 2. The van der Waals surface area contributed by atoms with Gasteiger partial charge < -0.3 is 15.4 Å². The molecule has 1 aliphatic heterocycles.